The Bertz CT molecular complexity index is 366. The van der Waals surface area contributed by atoms with Crippen LogP contribution in [-0.2, 0) is 9.59 Å². The van der Waals surface area contributed by atoms with Gasteiger partial charge in [0.25, 0.3) is 0 Å². The van der Waals surface area contributed by atoms with Crippen molar-refractivity contribution in [2.75, 3.05) is 6.61 Å². The summed E-state index contributed by atoms with van der Waals surface area (Å²) in [5.74, 6) is -0.891. The number of hydrogen-bond acceptors (Lipinski definition) is 6. The fraction of sp³-hybridized carbons (Fsp3) is 0.800. The molecule has 1 fully saturated rings. The maximum Gasteiger partial charge on any atom is 0.246 e. The maximum atomic E-state index is 11.7. The first kappa shape index (κ1) is 21.5. The molecule has 134 valence electrons. The Balaban J connectivity index is 0.000000841. The van der Waals surface area contributed by atoms with Gasteiger partial charge in [-0.15, -0.1) is 0 Å². The van der Waals surface area contributed by atoms with Crippen LogP contribution in [0.3, 0.4) is 0 Å². The zero-order valence-electron chi connectivity index (χ0n) is 13.9. The van der Waals surface area contributed by atoms with Crippen LogP contribution in [0.2, 0.25) is 0 Å². The number of carbonyl (C=O) groups excluding carboxylic acids is 2. The van der Waals surface area contributed by atoms with Crippen molar-refractivity contribution in [2.45, 2.75) is 58.5 Å². The number of aliphatic hydroxyl groups excluding tert-OH is 2. The minimum Gasteiger partial charge on any atom is -0.396 e. The van der Waals surface area contributed by atoms with Crippen molar-refractivity contribution in [2.24, 2.45) is 16.9 Å². The third-order valence-electron chi connectivity index (χ3n) is 3.69. The van der Waals surface area contributed by atoms with Crippen LogP contribution in [0, 0.1) is 11.8 Å². The molecule has 1 aliphatic carbocycles. The second kappa shape index (κ2) is 13.0. The lowest BCUT2D eigenvalue weighted by Gasteiger charge is -2.25. The molecule has 0 radical (unpaired) electrons. The van der Waals surface area contributed by atoms with Crippen molar-refractivity contribution >= 4 is 18.0 Å². The summed E-state index contributed by atoms with van der Waals surface area (Å²) in [5.41, 5.74) is 4.06. The molecule has 0 aliphatic heterocycles. The van der Waals surface area contributed by atoms with Crippen LogP contribution in [0.5, 0.6) is 0 Å². The van der Waals surface area contributed by atoms with Gasteiger partial charge < -0.3 is 10.2 Å². The van der Waals surface area contributed by atoms with E-state index < -0.39 is 0 Å². The van der Waals surface area contributed by atoms with Gasteiger partial charge in [-0.2, -0.15) is 5.10 Å². The zero-order valence-corrected chi connectivity index (χ0v) is 13.9. The Morgan fingerprint density at radius 2 is 1.70 bits per heavy atom. The Morgan fingerprint density at radius 1 is 1.22 bits per heavy atom. The van der Waals surface area contributed by atoms with Crippen molar-refractivity contribution in [1.82, 2.24) is 10.9 Å². The van der Waals surface area contributed by atoms with Gasteiger partial charge in [0.2, 0.25) is 11.8 Å². The first-order chi connectivity index (χ1) is 11.0. The summed E-state index contributed by atoms with van der Waals surface area (Å²) < 4.78 is 0. The number of nitrogens with one attached hydrogen (secondary N) is 2. The predicted octanol–water partition coefficient (Wildman–Crippen LogP) is 0.560. The summed E-state index contributed by atoms with van der Waals surface area (Å²) in [7, 11) is 0. The number of hydrogen-bond donors (Lipinski definition) is 5. The molecule has 8 heteroatoms. The van der Waals surface area contributed by atoms with E-state index in [9.17, 15) is 9.59 Å². The molecule has 0 unspecified atom stereocenters. The van der Waals surface area contributed by atoms with Gasteiger partial charge in [0.05, 0.1) is 6.10 Å². The van der Waals surface area contributed by atoms with Crippen molar-refractivity contribution in [3.63, 3.8) is 0 Å². The second-order valence-corrected chi connectivity index (χ2v) is 5.58. The largest absolute Gasteiger partial charge is 0.396 e. The van der Waals surface area contributed by atoms with Gasteiger partial charge in [-0.05, 0) is 39.0 Å². The minimum absolute atomic E-state index is 0.000744. The van der Waals surface area contributed by atoms with E-state index in [4.69, 9.17) is 15.4 Å². The first-order valence-corrected chi connectivity index (χ1v) is 8.00. The Labute approximate surface area is 136 Å². The highest BCUT2D eigenvalue weighted by Crippen LogP contribution is 2.28. The summed E-state index contributed by atoms with van der Waals surface area (Å²) in [5, 5.41) is 29.1. The fourth-order valence-corrected chi connectivity index (χ4v) is 2.03. The summed E-state index contributed by atoms with van der Waals surface area (Å²) >= 11 is 0. The van der Waals surface area contributed by atoms with E-state index in [1.165, 1.54) is 6.21 Å². The molecule has 23 heavy (non-hydrogen) atoms. The highest BCUT2D eigenvalue weighted by molar-refractivity contribution is 5.81. The Kier molecular flexibility index (Phi) is 12.1. The third kappa shape index (κ3) is 9.98. The van der Waals surface area contributed by atoms with Crippen molar-refractivity contribution < 1.29 is 25.0 Å². The van der Waals surface area contributed by atoms with E-state index in [0.717, 1.165) is 6.42 Å². The SMILES string of the molecule is CC[C@H](C)O.O=C(NO)C1CCC(C(=O)N/N=C/CCO)CC1. The zero-order chi connectivity index (χ0) is 17.7. The molecular formula is C15H29N3O5. The molecule has 8 nitrogen and oxygen atoms in total. The molecule has 0 aromatic heterocycles. The van der Waals surface area contributed by atoms with Crippen LogP contribution in [-0.4, -0.2) is 46.2 Å². The lowest BCUT2D eigenvalue weighted by atomic mass is 9.81. The average molecular weight is 331 g/mol. The molecule has 1 rings (SSSR count). The van der Waals surface area contributed by atoms with Gasteiger partial charge in [-0.1, -0.05) is 6.92 Å². The maximum absolute atomic E-state index is 11.7. The number of hydroxylamine groups is 1. The van der Waals surface area contributed by atoms with E-state index in [-0.39, 0.29) is 36.4 Å². The fourth-order valence-electron chi connectivity index (χ4n) is 2.03. The average Bonchev–Trinajstić information content (AvgIpc) is 2.58. The predicted molar refractivity (Wildman–Crippen MR) is 85.7 cm³/mol. The molecule has 5 N–H and O–H groups in total. The van der Waals surface area contributed by atoms with Gasteiger partial charge >= 0.3 is 0 Å². The monoisotopic (exact) mass is 331 g/mol. The van der Waals surface area contributed by atoms with E-state index in [1.54, 1.807) is 12.4 Å². The molecule has 1 saturated carbocycles. The van der Waals surface area contributed by atoms with Gasteiger partial charge in [0.15, 0.2) is 0 Å². The third-order valence-corrected chi connectivity index (χ3v) is 3.69. The van der Waals surface area contributed by atoms with Crippen LogP contribution in [0.25, 0.3) is 0 Å². The molecule has 0 heterocycles. The standard InChI is InChI=1S/C11H19N3O4.C4H10O/c15-7-1-6-12-13-10(16)8-2-4-9(5-3-8)11(17)14-18;1-3-4(2)5/h6,8-9,15,18H,1-5,7H2,(H,13,16)(H,14,17);4-5H,3H2,1-2H3/b12-6+;/t;4-/m.0/s1. The van der Waals surface area contributed by atoms with Crippen LogP contribution >= 0.6 is 0 Å². The summed E-state index contributed by atoms with van der Waals surface area (Å²) in [6.07, 6.45) is 5.00. The topological polar surface area (TPSA) is 131 Å². The first-order valence-electron chi connectivity index (χ1n) is 8.00. The van der Waals surface area contributed by atoms with Crippen molar-refractivity contribution in [1.29, 1.82) is 0 Å². The molecule has 2 amide bonds. The molecule has 0 saturated heterocycles. The molecule has 0 bridgehead atoms. The molecule has 1 aliphatic rings. The summed E-state index contributed by atoms with van der Waals surface area (Å²) in [4.78, 5) is 22.8. The summed E-state index contributed by atoms with van der Waals surface area (Å²) in [6.45, 7) is 3.73. The number of carbonyl (C=O) groups is 2. The lowest BCUT2D eigenvalue weighted by molar-refractivity contribution is -0.136. The van der Waals surface area contributed by atoms with Crippen LogP contribution in [0.1, 0.15) is 52.4 Å². The Morgan fingerprint density at radius 3 is 2.09 bits per heavy atom. The van der Waals surface area contributed by atoms with Gasteiger partial charge in [0.1, 0.15) is 0 Å². The van der Waals surface area contributed by atoms with Crippen LogP contribution in [0.4, 0.5) is 0 Å². The minimum atomic E-state index is -0.380. The molecule has 0 spiro atoms. The molecule has 0 aromatic rings. The van der Waals surface area contributed by atoms with E-state index in [0.29, 0.717) is 32.1 Å². The smallest absolute Gasteiger partial charge is 0.246 e. The Hall–Kier alpha value is -1.51. The van der Waals surface area contributed by atoms with Gasteiger partial charge in [0, 0.05) is 31.1 Å². The normalized spacial score (nSPS) is 22.0. The number of nitrogens with zero attached hydrogens (tertiary/aromatic N) is 1. The van der Waals surface area contributed by atoms with Crippen molar-refractivity contribution in [3.8, 4) is 0 Å². The molecule has 1 atom stereocenters. The van der Waals surface area contributed by atoms with Crippen LogP contribution < -0.4 is 10.9 Å². The number of hydrazone groups is 1. The number of rotatable bonds is 6. The van der Waals surface area contributed by atoms with Gasteiger partial charge in [-0.25, -0.2) is 10.9 Å². The number of aliphatic hydroxyl groups is 2. The second-order valence-electron chi connectivity index (χ2n) is 5.58. The van der Waals surface area contributed by atoms with E-state index in [2.05, 4.69) is 10.5 Å². The highest BCUT2D eigenvalue weighted by Gasteiger charge is 2.29. The van der Waals surface area contributed by atoms with E-state index in [1.807, 2.05) is 6.92 Å². The quantitative estimate of drug-likeness (QED) is 0.276. The highest BCUT2D eigenvalue weighted by atomic mass is 16.5. The summed E-state index contributed by atoms with van der Waals surface area (Å²) in [6, 6.07) is 0. The lowest BCUT2D eigenvalue weighted by Crippen LogP contribution is -2.35. The number of amides is 2. The van der Waals surface area contributed by atoms with Crippen LogP contribution in [0.15, 0.2) is 5.10 Å². The molecule has 0 aromatic carbocycles. The van der Waals surface area contributed by atoms with Crippen molar-refractivity contribution in [3.05, 3.63) is 0 Å². The van der Waals surface area contributed by atoms with E-state index >= 15 is 0 Å². The molecular weight excluding hydrogens is 302 g/mol. The van der Waals surface area contributed by atoms with Gasteiger partial charge in [-0.3, -0.25) is 14.8 Å².